The third kappa shape index (κ3) is 16.6. The van der Waals surface area contributed by atoms with Crippen LogP contribution in [-0.2, 0) is 57.1 Å². The molecule has 5 rings (SSSR count). The van der Waals surface area contributed by atoms with Gasteiger partial charge < -0.3 is 48.7 Å². The van der Waals surface area contributed by atoms with Gasteiger partial charge in [0.2, 0.25) is 6.10 Å². The first kappa shape index (κ1) is 67.1. The van der Waals surface area contributed by atoms with E-state index in [0.717, 1.165) is 39.0 Å². The number of aliphatic hydroxyl groups is 2. The number of carbonyl (C=O) groups excluding carboxylic acids is 7. The second-order valence-corrected chi connectivity index (χ2v) is 23.7. The summed E-state index contributed by atoms with van der Waals surface area (Å²) < 4.78 is 42.6. The Balaban J connectivity index is 1.51. The number of hydrogen-bond donors (Lipinski definition) is 3. The lowest BCUT2D eigenvalue weighted by molar-refractivity contribution is -0.346. The predicted molar refractivity (Wildman–Crippen MR) is 313 cm³/mol. The fourth-order valence-electron chi connectivity index (χ4n) is 11.6. The van der Waals surface area contributed by atoms with E-state index in [1.54, 1.807) is 66.7 Å². The summed E-state index contributed by atoms with van der Waals surface area (Å²) in [6, 6.07) is 6.47. The van der Waals surface area contributed by atoms with E-state index in [9.17, 15) is 34.2 Å². The number of carbonyl (C=O) groups is 7. The number of hydrogen-bond acceptors (Lipinski definition) is 16. The molecule has 1 aromatic rings. The molecule has 2 bridgehead atoms. The normalized spacial score (nSPS) is 27.5. The van der Waals surface area contributed by atoms with E-state index in [1.807, 2.05) is 24.3 Å². The molecule has 1 aliphatic heterocycles. The summed E-state index contributed by atoms with van der Waals surface area (Å²) in [5, 5.41) is 29.0. The van der Waals surface area contributed by atoms with Gasteiger partial charge in [-0.15, -0.1) is 0 Å². The van der Waals surface area contributed by atoms with Crippen LogP contribution >= 0.6 is 0 Å². The summed E-state index contributed by atoms with van der Waals surface area (Å²) in [4.78, 5) is 99.8. The number of aliphatic hydroxyl groups excluding tert-OH is 1. The van der Waals surface area contributed by atoms with E-state index in [4.69, 9.17) is 33.2 Å². The third-order valence-electron chi connectivity index (χ3n) is 15.8. The number of allylic oxidation sites excluding steroid dienone is 13. The third-order valence-corrected chi connectivity index (χ3v) is 15.8. The van der Waals surface area contributed by atoms with Gasteiger partial charge in [0, 0.05) is 38.0 Å². The Morgan fingerprint density at radius 1 is 0.795 bits per heavy atom. The molecule has 454 valence electrons. The molecule has 3 aliphatic carbocycles. The highest BCUT2D eigenvalue weighted by Gasteiger charge is 2.78. The summed E-state index contributed by atoms with van der Waals surface area (Å²) in [5.41, 5.74) is -8.27. The highest BCUT2D eigenvalue weighted by Crippen LogP contribution is 2.64. The maximum absolute atomic E-state index is 15.9. The molecule has 1 saturated heterocycles. The number of esters is 5. The van der Waals surface area contributed by atoms with E-state index in [0.29, 0.717) is 12.0 Å². The van der Waals surface area contributed by atoms with Crippen LogP contribution in [0.25, 0.3) is 0 Å². The van der Waals surface area contributed by atoms with Gasteiger partial charge in [0.25, 0.3) is 0 Å². The molecule has 2 saturated carbocycles. The molecule has 0 aromatic heterocycles. The van der Waals surface area contributed by atoms with E-state index in [2.05, 4.69) is 60.8 Å². The van der Waals surface area contributed by atoms with Crippen LogP contribution in [-0.4, -0.2) is 118 Å². The first-order valence-electron chi connectivity index (χ1n) is 29.0. The van der Waals surface area contributed by atoms with Crippen LogP contribution in [0.4, 0.5) is 4.79 Å². The topological polar surface area (TPSA) is 237 Å². The number of ketones is 1. The molecule has 0 spiro atoms. The van der Waals surface area contributed by atoms with Crippen molar-refractivity contribution in [3.8, 4) is 0 Å². The Kier molecular flexibility index (Phi) is 24.0. The van der Waals surface area contributed by atoms with Crippen molar-refractivity contribution in [2.45, 2.75) is 213 Å². The van der Waals surface area contributed by atoms with Gasteiger partial charge >= 0.3 is 35.9 Å². The fraction of sp³-hybridized carbons (Fsp3) is 0.561. The quantitative estimate of drug-likeness (QED) is 0.0469. The number of alkyl carbamates (subject to hydrolysis) is 1. The van der Waals surface area contributed by atoms with Crippen LogP contribution in [0.5, 0.6) is 0 Å². The molecule has 3 N–H and O–H groups in total. The smallest absolute Gasteiger partial charge is 0.408 e. The molecular formula is C66H89NO16. The fourth-order valence-corrected chi connectivity index (χ4v) is 11.6. The lowest BCUT2D eigenvalue weighted by Gasteiger charge is -2.67. The zero-order valence-corrected chi connectivity index (χ0v) is 50.6. The molecular weight excluding hydrogens is 1060 g/mol. The molecule has 83 heavy (non-hydrogen) atoms. The SMILES string of the molecule is CC/C=C\C/C=C\C/C=C\C/C=C\C/C=C\C/C=C\CCC(=O)O[C@@H](C(=O)O[C@H]1C[C@@]2(O)[C@@H](OC(=O)c3ccccc3)C3[C@](C)(C(=O)[C@H](OC(=O)CC)C(=C1C)C2(C)C)[C@@H](O)C[C@H]1OC[C@@]31OC(C)=O)[C@H](C=C(C)C)NC(=O)OC(C)(C)C. The van der Waals surface area contributed by atoms with E-state index in [-0.39, 0.29) is 49.0 Å². The minimum absolute atomic E-state index is 0.0188. The van der Waals surface area contributed by atoms with Crippen molar-refractivity contribution in [3.63, 3.8) is 0 Å². The largest absolute Gasteiger partial charge is 0.455 e. The summed E-state index contributed by atoms with van der Waals surface area (Å²) in [7, 11) is 0. The molecule has 11 atom stereocenters. The lowest BCUT2D eigenvalue weighted by Crippen LogP contribution is -2.82. The van der Waals surface area contributed by atoms with Crippen LogP contribution in [0.1, 0.15) is 164 Å². The zero-order chi connectivity index (χ0) is 61.3. The van der Waals surface area contributed by atoms with Crippen molar-refractivity contribution in [1.82, 2.24) is 5.32 Å². The number of Topliss-reactive ketones (excluding diaryl/α,β-unsaturated/α-hetero) is 1. The molecule has 1 heterocycles. The summed E-state index contributed by atoms with van der Waals surface area (Å²) in [6.07, 6.45) is 19.8. The van der Waals surface area contributed by atoms with Crippen LogP contribution in [0.2, 0.25) is 0 Å². The summed E-state index contributed by atoms with van der Waals surface area (Å²) in [5.74, 6) is -7.05. The van der Waals surface area contributed by atoms with Crippen LogP contribution < -0.4 is 5.32 Å². The number of amides is 1. The standard InChI is InChI=1S/C66H89NO16/c1-13-15-16-17-18-19-20-21-22-23-24-25-26-27-28-29-30-31-35-38-52(71)80-54(47(39-43(3)4)67-61(75)83-62(7,8)9)60(74)78-48-41-66(76)58(81-59(73)46-36-33-32-34-37-46)56-64(12,49(69)40-50-65(56,42-77-50)82-45(6)68)57(72)55(79-51(70)14-2)53(44(48)5)63(66,10)11/h15-16,18-19,21-22,24-25,27-28,30-34,36-37,39,47-50,54-56,58,69,76H,13-14,17,20,23,26,29,35,38,40-42H2,1-12H3,(H,67,75)/b16-15-,19-18-,22-21-,25-24-,28-27-,31-30-/t47-,48-,49-,50+,54+,55+,56?,58-,64+,65-,66+/m0/s1. The maximum atomic E-state index is 15.9. The highest BCUT2D eigenvalue weighted by molar-refractivity contribution is 5.96. The van der Waals surface area contributed by atoms with E-state index >= 15 is 9.59 Å². The first-order chi connectivity index (χ1) is 39.2. The predicted octanol–water partition coefficient (Wildman–Crippen LogP) is 10.8. The van der Waals surface area contributed by atoms with E-state index < -0.39 is 124 Å². The molecule has 0 radical (unpaired) electrons. The molecule has 17 heteroatoms. The van der Waals surface area contributed by atoms with Gasteiger partial charge in [-0.05, 0) is 117 Å². The van der Waals surface area contributed by atoms with Gasteiger partial charge in [-0.25, -0.2) is 14.4 Å². The Morgan fingerprint density at radius 3 is 1.87 bits per heavy atom. The van der Waals surface area contributed by atoms with Crippen molar-refractivity contribution in [1.29, 1.82) is 0 Å². The second kappa shape index (κ2) is 29.7. The van der Waals surface area contributed by atoms with E-state index in [1.165, 1.54) is 39.0 Å². The second-order valence-electron chi connectivity index (χ2n) is 23.7. The molecule has 1 amide bonds. The molecule has 17 nitrogen and oxygen atoms in total. The average Bonchev–Trinajstić information content (AvgIpc) is 0.708. The van der Waals surface area contributed by atoms with Crippen molar-refractivity contribution in [2.24, 2.45) is 16.7 Å². The van der Waals surface area contributed by atoms with Gasteiger partial charge in [-0.1, -0.05) is 130 Å². The number of rotatable bonds is 25. The van der Waals surface area contributed by atoms with Gasteiger partial charge in [-0.2, -0.15) is 0 Å². The van der Waals surface area contributed by atoms with Gasteiger partial charge in [0.1, 0.15) is 29.5 Å². The Bertz CT molecular complexity index is 2720. The average molecular weight is 1150 g/mol. The van der Waals surface area contributed by atoms with Crippen LogP contribution in [0.3, 0.4) is 0 Å². The van der Waals surface area contributed by atoms with Crippen molar-refractivity contribution in [2.75, 3.05) is 6.61 Å². The Morgan fingerprint density at radius 2 is 1.36 bits per heavy atom. The van der Waals surface area contributed by atoms with Crippen molar-refractivity contribution < 1.29 is 76.9 Å². The number of ether oxygens (including phenoxy) is 7. The molecule has 4 aliphatic rings. The first-order valence-corrected chi connectivity index (χ1v) is 29.0. The Labute approximate surface area is 490 Å². The molecule has 1 unspecified atom stereocenters. The van der Waals surface area contributed by atoms with Crippen molar-refractivity contribution >= 4 is 41.7 Å². The van der Waals surface area contributed by atoms with Gasteiger partial charge in [-0.3, -0.25) is 19.2 Å². The minimum Gasteiger partial charge on any atom is -0.455 e. The lowest BCUT2D eigenvalue weighted by atomic mass is 9.44. The highest BCUT2D eigenvalue weighted by atomic mass is 16.6. The number of fused-ring (bicyclic) bond motifs is 5. The molecule has 1 aromatic carbocycles. The van der Waals surface area contributed by atoms with Crippen LogP contribution in [0, 0.1) is 16.7 Å². The summed E-state index contributed by atoms with van der Waals surface area (Å²) >= 11 is 0. The molecule has 3 fully saturated rings. The van der Waals surface area contributed by atoms with Gasteiger partial charge in [0.15, 0.2) is 17.5 Å². The zero-order valence-electron chi connectivity index (χ0n) is 50.6. The Hall–Kier alpha value is -6.69. The number of nitrogens with one attached hydrogen (secondary N) is 1. The maximum Gasteiger partial charge on any atom is 0.408 e. The number of benzene rings is 1. The van der Waals surface area contributed by atoms with Crippen molar-refractivity contribution in [3.05, 3.63) is 132 Å². The monoisotopic (exact) mass is 1150 g/mol. The minimum atomic E-state index is -2.45. The summed E-state index contributed by atoms with van der Waals surface area (Å²) in [6.45, 7) is 18.9. The van der Waals surface area contributed by atoms with Gasteiger partial charge in [0.05, 0.1) is 35.6 Å². The van der Waals surface area contributed by atoms with Crippen LogP contribution in [0.15, 0.2) is 126 Å².